The smallest absolute Gasteiger partial charge is 0.132 e. The quantitative estimate of drug-likeness (QED) is 0.888. The van der Waals surface area contributed by atoms with E-state index in [0.717, 1.165) is 13.1 Å². The van der Waals surface area contributed by atoms with Crippen molar-refractivity contribution in [2.45, 2.75) is 6.04 Å². The Balaban J connectivity index is 1.97. The summed E-state index contributed by atoms with van der Waals surface area (Å²) in [5, 5.41) is 11.6. The zero-order valence-electron chi connectivity index (χ0n) is 8.90. The Morgan fingerprint density at radius 1 is 1.41 bits per heavy atom. The van der Waals surface area contributed by atoms with Gasteiger partial charge in [0.15, 0.2) is 0 Å². The SMILES string of the molecule is Fc1ccc(Cl)cc1-c1cn(C2CNC2)nn1. The van der Waals surface area contributed by atoms with Gasteiger partial charge in [0, 0.05) is 23.7 Å². The number of hydrogen-bond acceptors (Lipinski definition) is 3. The molecule has 1 aliphatic rings. The monoisotopic (exact) mass is 252 g/mol. The lowest BCUT2D eigenvalue weighted by Gasteiger charge is -2.26. The number of halogens is 2. The minimum atomic E-state index is -0.340. The zero-order chi connectivity index (χ0) is 11.8. The van der Waals surface area contributed by atoms with Crippen LogP contribution >= 0.6 is 11.6 Å². The van der Waals surface area contributed by atoms with E-state index < -0.39 is 0 Å². The highest BCUT2D eigenvalue weighted by Crippen LogP contribution is 2.25. The van der Waals surface area contributed by atoms with Crippen LogP contribution in [0.25, 0.3) is 11.3 Å². The molecule has 1 N–H and O–H groups in total. The summed E-state index contributed by atoms with van der Waals surface area (Å²) in [4.78, 5) is 0. The van der Waals surface area contributed by atoms with Crippen molar-refractivity contribution in [1.82, 2.24) is 20.3 Å². The minimum Gasteiger partial charge on any atom is -0.312 e. The molecule has 0 amide bonds. The van der Waals surface area contributed by atoms with Crippen molar-refractivity contribution >= 4 is 11.6 Å². The van der Waals surface area contributed by atoms with Gasteiger partial charge in [0.25, 0.3) is 0 Å². The molecule has 0 saturated carbocycles. The van der Waals surface area contributed by atoms with Gasteiger partial charge in [-0.2, -0.15) is 0 Å². The Morgan fingerprint density at radius 3 is 2.94 bits per heavy atom. The zero-order valence-corrected chi connectivity index (χ0v) is 9.65. The third-order valence-electron chi connectivity index (χ3n) is 2.85. The van der Waals surface area contributed by atoms with E-state index in [1.165, 1.54) is 12.1 Å². The molecule has 2 aromatic rings. The van der Waals surface area contributed by atoms with E-state index in [9.17, 15) is 4.39 Å². The predicted molar refractivity (Wildman–Crippen MR) is 62.3 cm³/mol. The van der Waals surface area contributed by atoms with Crippen molar-refractivity contribution < 1.29 is 4.39 Å². The molecule has 0 atom stereocenters. The van der Waals surface area contributed by atoms with Gasteiger partial charge in [-0.1, -0.05) is 16.8 Å². The van der Waals surface area contributed by atoms with Crippen LogP contribution in [0.4, 0.5) is 4.39 Å². The average molecular weight is 253 g/mol. The van der Waals surface area contributed by atoms with Gasteiger partial charge in [0.2, 0.25) is 0 Å². The van der Waals surface area contributed by atoms with Gasteiger partial charge in [-0.15, -0.1) is 5.10 Å². The van der Waals surface area contributed by atoms with Gasteiger partial charge in [-0.3, -0.25) is 0 Å². The van der Waals surface area contributed by atoms with E-state index in [1.54, 1.807) is 16.9 Å². The lowest BCUT2D eigenvalue weighted by Crippen LogP contribution is -2.43. The molecule has 2 heterocycles. The third-order valence-corrected chi connectivity index (χ3v) is 3.08. The summed E-state index contributed by atoms with van der Waals surface area (Å²) in [5.74, 6) is -0.340. The Labute approximate surface area is 102 Å². The number of nitrogens with one attached hydrogen (secondary N) is 1. The van der Waals surface area contributed by atoms with Crippen LogP contribution in [0.1, 0.15) is 6.04 Å². The molecular weight excluding hydrogens is 243 g/mol. The maximum atomic E-state index is 13.6. The predicted octanol–water partition coefficient (Wildman–Crippen LogP) is 1.88. The van der Waals surface area contributed by atoms with Gasteiger partial charge >= 0.3 is 0 Å². The van der Waals surface area contributed by atoms with Crippen molar-refractivity contribution in [2.75, 3.05) is 13.1 Å². The summed E-state index contributed by atoms with van der Waals surface area (Å²) in [6.07, 6.45) is 1.75. The maximum Gasteiger partial charge on any atom is 0.132 e. The number of aromatic nitrogens is 3. The fraction of sp³-hybridized carbons (Fsp3) is 0.273. The topological polar surface area (TPSA) is 42.7 Å². The maximum absolute atomic E-state index is 13.6. The minimum absolute atomic E-state index is 0.318. The van der Waals surface area contributed by atoms with Crippen LogP contribution in [0.2, 0.25) is 5.02 Å². The first-order chi connectivity index (χ1) is 8.24. The van der Waals surface area contributed by atoms with E-state index in [0.29, 0.717) is 22.3 Å². The van der Waals surface area contributed by atoms with Crippen molar-refractivity contribution in [1.29, 1.82) is 0 Å². The first kappa shape index (κ1) is 10.7. The normalized spacial score (nSPS) is 15.9. The van der Waals surface area contributed by atoms with Gasteiger partial charge in [0.1, 0.15) is 11.5 Å². The second kappa shape index (κ2) is 4.09. The lowest BCUT2D eigenvalue weighted by molar-refractivity contribution is 0.313. The van der Waals surface area contributed by atoms with E-state index in [2.05, 4.69) is 15.6 Å². The fourth-order valence-corrected chi connectivity index (χ4v) is 1.90. The summed E-state index contributed by atoms with van der Waals surface area (Å²) in [7, 11) is 0. The molecular formula is C11H10ClFN4. The van der Waals surface area contributed by atoms with Crippen LogP contribution in [0, 0.1) is 5.82 Å². The van der Waals surface area contributed by atoms with E-state index in [-0.39, 0.29) is 5.82 Å². The number of hydrogen-bond donors (Lipinski definition) is 1. The standard InChI is InChI=1S/C11H10ClFN4/c12-7-1-2-10(13)9(3-7)11-6-17(16-15-11)8-4-14-5-8/h1-3,6,8,14H,4-5H2. The molecule has 0 spiro atoms. The summed E-state index contributed by atoms with van der Waals surface area (Å²) in [5.41, 5.74) is 0.896. The molecule has 0 radical (unpaired) electrons. The summed E-state index contributed by atoms with van der Waals surface area (Å²) in [6, 6.07) is 4.73. The molecule has 1 saturated heterocycles. The third kappa shape index (κ3) is 1.92. The Kier molecular flexibility index (Phi) is 2.57. The number of benzene rings is 1. The molecule has 1 aliphatic heterocycles. The Bertz CT molecular complexity index is 550. The molecule has 1 aromatic heterocycles. The molecule has 1 aromatic carbocycles. The highest BCUT2D eigenvalue weighted by atomic mass is 35.5. The first-order valence-electron chi connectivity index (χ1n) is 5.32. The van der Waals surface area contributed by atoms with Crippen molar-refractivity contribution in [3.8, 4) is 11.3 Å². The van der Waals surface area contributed by atoms with Crippen molar-refractivity contribution in [3.63, 3.8) is 0 Å². The highest BCUT2D eigenvalue weighted by molar-refractivity contribution is 6.30. The lowest BCUT2D eigenvalue weighted by atomic mass is 10.1. The van der Waals surface area contributed by atoms with Gasteiger partial charge in [-0.25, -0.2) is 9.07 Å². The van der Waals surface area contributed by atoms with E-state index in [1.807, 2.05) is 0 Å². The summed E-state index contributed by atoms with van der Waals surface area (Å²) < 4.78 is 15.4. The second-order valence-electron chi connectivity index (χ2n) is 4.02. The average Bonchev–Trinajstić information content (AvgIpc) is 2.68. The first-order valence-corrected chi connectivity index (χ1v) is 5.70. The second-order valence-corrected chi connectivity index (χ2v) is 4.46. The number of nitrogens with zero attached hydrogens (tertiary/aromatic N) is 3. The molecule has 0 unspecified atom stereocenters. The molecule has 88 valence electrons. The van der Waals surface area contributed by atoms with Crippen molar-refractivity contribution in [3.05, 3.63) is 35.2 Å². The van der Waals surface area contributed by atoms with Crippen LogP contribution in [0.3, 0.4) is 0 Å². The van der Waals surface area contributed by atoms with Crippen molar-refractivity contribution in [2.24, 2.45) is 0 Å². The Morgan fingerprint density at radius 2 is 2.24 bits per heavy atom. The van der Waals surface area contributed by atoms with Gasteiger partial charge < -0.3 is 5.32 Å². The molecule has 0 bridgehead atoms. The number of rotatable bonds is 2. The molecule has 17 heavy (non-hydrogen) atoms. The van der Waals surface area contributed by atoms with Gasteiger partial charge in [-0.05, 0) is 18.2 Å². The van der Waals surface area contributed by atoms with Crippen LogP contribution < -0.4 is 5.32 Å². The van der Waals surface area contributed by atoms with Gasteiger partial charge in [0.05, 0.1) is 12.2 Å². The largest absolute Gasteiger partial charge is 0.312 e. The van der Waals surface area contributed by atoms with Crippen LogP contribution in [-0.4, -0.2) is 28.1 Å². The molecule has 6 heteroatoms. The molecule has 0 aliphatic carbocycles. The molecule has 4 nitrogen and oxygen atoms in total. The highest BCUT2D eigenvalue weighted by Gasteiger charge is 2.21. The summed E-state index contributed by atoms with van der Waals surface area (Å²) in [6.45, 7) is 1.75. The molecule has 3 rings (SSSR count). The fourth-order valence-electron chi connectivity index (χ4n) is 1.73. The molecule has 1 fully saturated rings. The van der Waals surface area contributed by atoms with Crippen LogP contribution in [0.5, 0.6) is 0 Å². The van der Waals surface area contributed by atoms with E-state index >= 15 is 0 Å². The van der Waals surface area contributed by atoms with Crippen LogP contribution in [-0.2, 0) is 0 Å². The van der Waals surface area contributed by atoms with E-state index in [4.69, 9.17) is 11.6 Å². The van der Waals surface area contributed by atoms with Crippen LogP contribution in [0.15, 0.2) is 24.4 Å². The Hall–Kier alpha value is -1.46. The summed E-state index contributed by atoms with van der Waals surface area (Å²) >= 11 is 5.84.